The second kappa shape index (κ2) is 8.70. The van der Waals surface area contributed by atoms with Crippen LogP contribution in [0, 0.1) is 0 Å². The van der Waals surface area contributed by atoms with Crippen LogP contribution in [-0.4, -0.2) is 11.3 Å². The van der Waals surface area contributed by atoms with Crippen molar-refractivity contribution >= 4 is 0 Å². The lowest BCUT2D eigenvalue weighted by Crippen LogP contribution is -2.39. The van der Waals surface area contributed by atoms with Crippen molar-refractivity contribution in [3.8, 4) is 28.3 Å². The number of benzene rings is 2. The Morgan fingerprint density at radius 1 is 0.846 bits per heavy atom. The van der Waals surface area contributed by atoms with Crippen LogP contribution < -0.4 is 9.42 Å². The molecule has 3 heteroatoms. The molecule has 0 N–H and O–H groups in total. The van der Waals surface area contributed by atoms with Crippen LogP contribution in [0.3, 0.4) is 0 Å². The topological polar surface area (TPSA) is 18.0 Å². The van der Waals surface area contributed by atoms with E-state index in [2.05, 4.69) is 91.0 Å². The molecule has 0 fully saturated rings. The molecular weight excluding hydrogens is 320 g/mol. The average Bonchev–Trinajstić information content (AvgIpc) is 2.93. The molecule has 0 radical (unpaired) electrons. The summed E-state index contributed by atoms with van der Waals surface area (Å²) >= 11 is 0. The van der Waals surface area contributed by atoms with Gasteiger partial charge in [-0.2, -0.15) is 4.68 Å². The molecule has 0 spiro atoms. The molecular formula is C23H29N2O+. The molecule has 0 aliphatic heterocycles. The molecule has 2 aromatic carbocycles. The first-order chi connectivity index (χ1) is 12.7. The lowest BCUT2D eigenvalue weighted by Gasteiger charge is -2.07. The van der Waals surface area contributed by atoms with Crippen LogP contribution in [0.1, 0.15) is 32.6 Å². The van der Waals surface area contributed by atoms with Gasteiger partial charge in [-0.05, 0) is 18.6 Å². The summed E-state index contributed by atoms with van der Waals surface area (Å²) in [5, 5.41) is 0. The van der Waals surface area contributed by atoms with Crippen LogP contribution in [-0.2, 0) is 14.1 Å². The van der Waals surface area contributed by atoms with E-state index in [1.807, 2.05) is 0 Å². The maximum Gasteiger partial charge on any atom is 0.280 e. The zero-order valence-corrected chi connectivity index (χ0v) is 16.1. The van der Waals surface area contributed by atoms with E-state index < -0.39 is 0 Å². The largest absolute Gasteiger partial charge is 0.485 e. The number of hydrogen-bond acceptors (Lipinski definition) is 1. The first-order valence-electron chi connectivity index (χ1n) is 9.56. The van der Waals surface area contributed by atoms with E-state index in [4.69, 9.17) is 4.74 Å². The minimum absolute atomic E-state index is 0.754. The van der Waals surface area contributed by atoms with Gasteiger partial charge in [0.2, 0.25) is 5.75 Å². The SMILES string of the molecule is CCCCCCOc1c(-c2ccccc2)n(C)[n+](C)c1-c1ccccc1. The fraction of sp³-hybridized carbons (Fsp3) is 0.348. The average molecular weight is 349 g/mol. The molecule has 0 unspecified atom stereocenters. The highest BCUT2D eigenvalue weighted by molar-refractivity contribution is 5.76. The Balaban J connectivity index is 2.03. The van der Waals surface area contributed by atoms with Crippen LogP contribution in [0.2, 0.25) is 0 Å². The minimum atomic E-state index is 0.754. The number of hydrogen-bond donors (Lipinski definition) is 0. The van der Waals surface area contributed by atoms with E-state index in [0.29, 0.717) is 0 Å². The highest BCUT2D eigenvalue weighted by Gasteiger charge is 2.29. The van der Waals surface area contributed by atoms with Crippen molar-refractivity contribution in [3.05, 3.63) is 60.7 Å². The predicted octanol–water partition coefficient (Wildman–Crippen LogP) is 5.14. The highest BCUT2D eigenvalue weighted by Crippen LogP contribution is 2.37. The summed E-state index contributed by atoms with van der Waals surface area (Å²) in [5.41, 5.74) is 4.61. The van der Waals surface area contributed by atoms with Gasteiger partial charge in [0, 0.05) is 5.56 Å². The van der Waals surface area contributed by atoms with Gasteiger partial charge in [0.15, 0.2) is 12.7 Å². The Bertz CT molecular complexity index is 759. The van der Waals surface area contributed by atoms with Crippen molar-refractivity contribution < 1.29 is 9.42 Å². The van der Waals surface area contributed by atoms with Gasteiger partial charge in [-0.15, -0.1) is 4.68 Å². The maximum absolute atomic E-state index is 6.38. The van der Waals surface area contributed by atoms with Crippen molar-refractivity contribution in [1.29, 1.82) is 0 Å². The Morgan fingerprint density at radius 3 is 2.08 bits per heavy atom. The van der Waals surface area contributed by atoms with Gasteiger partial charge in [-0.25, -0.2) is 0 Å². The number of unbranched alkanes of at least 4 members (excludes halogenated alkanes) is 3. The summed E-state index contributed by atoms with van der Waals surface area (Å²) in [6.45, 7) is 2.99. The minimum Gasteiger partial charge on any atom is -0.485 e. The third kappa shape index (κ3) is 3.82. The van der Waals surface area contributed by atoms with E-state index in [9.17, 15) is 0 Å². The molecule has 0 amide bonds. The van der Waals surface area contributed by atoms with Crippen LogP contribution in [0.15, 0.2) is 60.7 Å². The normalized spacial score (nSPS) is 10.9. The highest BCUT2D eigenvalue weighted by atomic mass is 16.5. The molecule has 1 aromatic heterocycles. The van der Waals surface area contributed by atoms with Crippen molar-refractivity contribution in [1.82, 2.24) is 4.68 Å². The Morgan fingerprint density at radius 2 is 1.46 bits per heavy atom. The smallest absolute Gasteiger partial charge is 0.280 e. The summed E-state index contributed by atoms with van der Waals surface area (Å²) in [6, 6.07) is 21.0. The second-order valence-electron chi connectivity index (χ2n) is 6.71. The molecule has 26 heavy (non-hydrogen) atoms. The molecule has 3 aromatic rings. The number of rotatable bonds is 8. The lowest BCUT2D eigenvalue weighted by atomic mass is 10.1. The van der Waals surface area contributed by atoms with Crippen molar-refractivity contribution in [3.63, 3.8) is 0 Å². The predicted molar refractivity (Wildman–Crippen MR) is 107 cm³/mol. The zero-order chi connectivity index (χ0) is 18.4. The number of nitrogens with zero attached hydrogens (tertiary/aromatic N) is 2. The van der Waals surface area contributed by atoms with Crippen LogP contribution in [0.4, 0.5) is 0 Å². The summed E-state index contributed by atoms with van der Waals surface area (Å²) < 4.78 is 10.7. The molecule has 1 heterocycles. The Kier molecular flexibility index (Phi) is 6.11. The van der Waals surface area contributed by atoms with Gasteiger partial charge < -0.3 is 4.74 Å². The summed E-state index contributed by atoms with van der Waals surface area (Å²) in [6.07, 6.45) is 4.82. The van der Waals surface area contributed by atoms with Crippen LogP contribution in [0.5, 0.6) is 5.75 Å². The molecule has 3 nitrogen and oxygen atoms in total. The van der Waals surface area contributed by atoms with E-state index in [1.165, 1.54) is 30.4 Å². The fourth-order valence-corrected chi connectivity index (χ4v) is 3.37. The third-order valence-corrected chi connectivity index (χ3v) is 4.87. The van der Waals surface area contributed by atoms with E-state index >= 15 is 0 Å². The Labute approximate surface area is 156 Å². The van der Waals surface area contributed by atoms with Gasteiger partial charge in [0.25, 0.3) is 5.69 Å². The van der Waals surface area contributed by atoms with Gasteiger partial charge >= 0.3 is 0 Å². The van der Waals surface area contributed by atoms with Gasteiger partial charge in [0.1, 0.15) is 0 Å². The van der Waals surface area contributed by atoms with Gasteiger partial charge in [-0.1, -0.05) is 74.7 Å². The second-order valence-corrected chi connectivity index (χ2v) is 6.71. The van der Waals surface area contributed by atoms with Crippen LogP contribution in [0.25, 0.3) is 22.5 Å². The van der Waals surface area contributed by atoms with E-state index in [0.717, 1.165) is 30.2 Å². The first-order valence-corrected chi connectivity index (χ1v) is 9.56. The molecule has 0 aliphatic rings. The Hall–Kier alpha value is -2.55. The first kappa shape index (κ1) is 18.2. The monoisotopic (exact) mass is 349 g/mol. The van der Waals surface area contributed by atoms with Gasteiger partial charge in [-0.3, -0.25) is 0 Å². The van der Waals surface area contributed by atoms with Gasteiger partial charge in [0.05, 0.1) is 19.2 Å². The summed E-state index contributed by atoms with van der Waals surface area (Å²) in [7, 11) is 4.19. The van der Waals surface area contributed by atoms with Crippen LogP contribution >= 0.6 is 0 Å². The number of ether oxygens (including phenoxy) is 1. The molecule has 136 valence electrons. The molecule has 0 saturated heterocycles. The van der Waals surface area contributed by atoms with Crippen molar-refractivity contribution in [2.24, 2.45) is 14.1 Å². The fourth-order valence-electron chi connectivity index (χ4n) is 3.37. The van der Waals surface area contributed by atoms with E-state index in [-0.39, 0.29) is 0 Å². The maximum atomic E-state index is 6.38. The lowest BCUT2D eigenvalue weighted by molar-refractivity contribution is -0.740. The van der Waals surface area contributed by atoms with E-state index in [1.54, 1.807) is 0 Å². The van der Waals surface area contributed by atoms with Crippen molar-refractivity contribution in [2.75, 3.05) is 6.61 Å². The molecule has 3 rings (SSSR count). The molecule has 0 aliphatic carbocycles. The molecule has 0 bridgehead atoms. The standard InChI is InChI=1S/C23H29N2O/c1-4-5-6-13-18-26-23-21(19-14-9-7-10-15-19)24(2)25(3)22(23)20-16-11-8-12-17-20/h7-12,14-17H,4-6,13,18H2,1-3H3/q+1. The summed E-state index contributed by atoms with van der Waals surface area (Å²) in [5.74, 6) is 0.976. The quantitative estimate of drug-likeness (QED) is 0.407. The molecule has 0 saturated carbocycles. The zero-order valence-electron chi connectivity index (χ0n) is 16.1. The number of aromatic nitrogens is 2. The third-order valence-electron chi connectivity index (χ3n) is 4.87. The van der Waals surface area contributed by atoms with Crippen molar-refractivity contribution in [2.45, 2.75) is 32.6 Å². The summed E-state index contributed by atoms with van der Waals surface area (Å²) in [4.78, 5) is 0. The molecule has 0 atom stereocenters.